The van der Waals surface area contributed by atoms with E-state index in [2.05, 4.69) is 25.7 Å². The fraction of sp³-hybridized carbons (Fsp3) is 0.231. The number of nitrogens with two attached hydrogens (primary N) is 1. The van der Waals surface area contributed by atoms with Crippen molar-refractivity contribution in [3.05, 3.63) is 47.5 Å². The third kappa shape index (κ3) is 4.30. The third-order valence-electron chi connectivity index (χ3n) is 2.87. The molecular formula is C13H16N6O2. The number of amides is 1. The first-order valence-electron chi connectivity index (χ1n) is 6.37. The molecule has 0 aliphatic heterocycles. The largest absolute Gasteiger partial charge is 0.409 e. The van der Waals surface area contributed by atoms with Gasteiger partial charge in [-0.05, 0) is 5.56 Å². The highest BCUT2D eigenvalue weighted by molar-refractivity contribution is 5.97. The summed E-state index contributed by atoms with van der Waals surface area (Å²) in [6.45, 7) is 0.496. The van der Waals surface area contributed by atoms with Crippen molar-refractivity contribution in [1.29, 1.82) is 0 Å². The van der Waals surface area contributed by atoms with Crippen LogP contribution in [0.2, 0.25) is 0 Å². The van der Waals surface area contributed by atoms with Crippen LogP contribution in [-0.2, 0) is 17.6 Å². The lowest BCUT2D eigenvalue weighted by molar-refractivity contribution is -0.120. The molecule has 0 bridgehead atoms. The van der Waals surface area contributed by atoms with E-state index < -0.39 is 0 Å². The molecule has 0 atom stereocenters. The number of aromatic amines is 1. The fourth-order valence-electron chi connectivity index (χ4n) is 1.77. The molecule has 0 aliphatic rings. The molecule has 110 valence electrons. The second-order valence-electron chi connectivity index (χ2n) is 4.39. The molecule has 0 unspecified atom stereocenters. The van der Waals surface area contributed by atoms with E-state index in [0.717, 1.165) is 11.4 Å². The fourth-order valence-corrected chi connectivity index (χ4v) is 1.77. The number of amidine groups is 1. The molecule has 5 N–H and O–H groups in total. The summed E-state index contributed by atoms with van der Waals surface area (Å²) >= 11 is 0. The Balaban J connectivity index is 1.79. The molecule has 1 aromatic carbocycles. The molecule has 0 fully saturated rings. The predicted octanol–water partition coefficient (Wildman–Crippen LogP) is -0.199. The van der Waals surface area contributed by atoms with Crippen LogP contribution in [0.4, 0.5) is 0 Å². The quantitative estimate of drug-likeness (QED) is 0.253. The number of carbonyl (C=O) groups excluding carboxylic acids is 1. The first kappa shape index (κ1) is 14.5. The summed E-state index contributed by atoms with van der Waals surface area (Å²) in [5.74, 6) is 0.697. The van der Waals surface area contributed by atoms with Gasteiger partial charge < -0.3 is 16.3 Å². The molecular weight excluding hydrogens is 272 g/mol. The van der Waals surface area contributed by atoms with E-state index in [1.165, 1.54) is 6.33 Å². The van der Waals surface area contributed by atoms with E-state index in [9.17, 15) is 4.79 Å². The Morgan fingerprint density at radius 2 is 2.14 bits per heavy atom. The molecule has 1 aromatic heterocycles. The second-order valence-corrected chi connectivity index (χ2v) is 4.39. The molecule has 8 heteroatoms. The first-order chi connectivity index (χ1) is 10.2. The van der Waals surface area contributed by atoms with Gasteiger partial charge in [-0.3, -0.25) is 9.89 Å². The number of carbonyl (C=O) groups is 1. The molecule has 21 heavy (non-hydrogen) atoms. The van der Waals surface area contributed by atoms with Gasteiger partial charge in [0, 0.05) is 18.5 Å². The Kier molecular flexibility index (Phi) is 4.86. The molecule has 2 rings (SSSR count). The van der Waals surface area contributed by atoms with Crippen molar-refractivity contribution in [3.63, 3.8) is 0 Å². The van der Waals surface area contributed by atoms with Gasteiger partial charge in [0.15, 0.2) is 5.84 Å². The van der Waals surface area contributed by atoms with E-state index in [-0.39, 0.29) is 18.2 Å². The summed E-state index contributed by atoms with van der Waals surface area (Å²) in [7, 11) is 0. The number of rotatable bonds is 6. The van der Waals surface area contributed by atoms with E-state index in [1.54, 1.807) is 24.3 Å². The number of aromatic nitrogens is 3. The van der Waals surface area contributed by atoms with Crippen molar-refractivity contribution in [1.82, 2.24) is 20.5 Å². The van der Waals surface area contributed by atoms with Gasteiger partial charge in [-0.15, -0.1) is 0 Å². The minimum Gasteiger partial charge on any atom is -0.409 e. The molecule has 0 saturated heterocycles. The van der Waals surface area contributed by atoms with Gasteiger partial charge in [-0.1, -0.05) is 29.4 Å². The Labute approximate surface area is 121 Å². The molecule has 8 nitrogen and oxygen atoms in total. The molecule has 1 amide bonds. The summed E-state index contributed by atoms with van der Waals surface area (Å²) in [6.07, 6.45) is 2.31. The molecule has 0 saturated carbocycles. The van der Waals surface area contributed by atoms with Crippen molar-refractivity contribution in [2.75, 3.05) is 6.54 Å². The highest BCUT2D eigenvalue weighted by atomic mass is 16.4. The molecule has 0 radical (unpaired) electrons. The molecule has 0 spiro atoms. The average Bonchev–Trinajstić information content (AvgIpc) is 3.00. The Hall–Kier alpha value is -2.90. The highest BCUT2D eigenvalue weighted by Crippen LogP contribution is 2.05. The summed E-state index contributed by atoms with van der Waals surface area (Å²) in [6, 6.07) is 6.94. The zero-order valence-electron chi connectivity index (χ0n) is 11.3. The van der Waals surface area contributed by atoms with Crippen LogP contribution in [0.25, 0.3) is 0 Å². The van der Waals surface area contributed by atoms with Crippen LogP contribution in [0.1, 0.15) is 17.0 Å². The predicted molar refractivity (Wildman–Crippen MR) is 75.8 cm³/mol. The topological polar surface area (TPSA) is 129 Å². The van der Waals surface area contributed by atoms with Gasteiger partial charge in [0.05, 0.1) is 6.42 Å². The molecule has 2 aromatic rings. The zero-order valence-corrected chi connectivity index (χ0v) is 11.3. The lowest BCUT2D eigenvalue weighted by atomic mass is 10.1. The standard InChI is InChI=1S/C13H16N6O2/c14-13(19-21)10-3-1-9(2-4-10)7-12(20)15-6-5-11-16-8-17-18-11/h1-4,8,21H,5-7H2,(H2,14,19)(H,15,20)(H,16,17,18). The van der Waals surface area contributed by atoms with Crippen LogP contribution >= 0.6 is 0 Å². The van der Waals surface area contributed by atoms with Crippen LogP contribution in [-0.4, -0.2) is 38.7 Å². The van der Waals surface area contributed by atoms with Crippen molar-refractivity contribution < 1.29 is 10.0 Å². The smallest absolute Gasteiger partial charge is 0.224 e. The summed E-state index contributed by atoms with van der Waals surface area (Å²) < 4.78 is 0. The number of nitrogens with zero attached hydrogens (tertiary/aromatic N) is 3. The van der Waals surface area contributed by atoms with Crippen molar-refractivity contribution in [2.45, 2.75) is 12.8 Å². The van der Waals surface area contributed by atoms with Gasteiger partial charge in [-0.25, -0.2) is 4.98 Å². The normalized spacial score (nSPS) is 11.3. The van der Waals surface area contributed by atoms with E-state index in [0.29, 0.717) is 18.5 Å². The summed E-state index contributed by atoms with van der Waals surface area (Å²) in [5.41, 5.74) is 6.92. The third-order valence-corrected chi connectivity index (χ3v) is 2.87. The number of H-pyrrole nitrogens is 1. The SMILES string of the molecule is NC(=NO)c1ccc(CC(=O)NCCc2ncn[nH]2)cc1. The van der Waals surface area contributed by atoms with Crippen molar-refractivity contribution in [3.8, 4) is 0 Å². The van der Waals surface area contributed by atoms with Crippen LogP contribution in [0, 0.1) is 0 Å². The minimum absolute atomic E-state index is 0.0399. The van der Waals surface area contributed by atoms with Gasteiger partial charge in [0.25, 0.3) is 0 Å². The number of hydrogen-bond donors (Lipinski definition) is 4. The monoisotopic (exact) mass is 288 g/mol. The maximum absolute atomic E-state index is 11.8. The lowest BCUT2D eigenvalue weighted by Crippen LogP contribution is -2.27. The Bertz CT molecular complexity index is 606. The second kappa shape index (κ2) is 7.04. The van der Waals surface area contributed by atoms with Crippen LogP contribution in [0.15, 0.2) is 35.7 Å². The molecule has 1 heterocycles. The Morgan fingerprint density at radius 1 is 1.38 bits per heavy atom. The van der Waals surface area contributed by atoms with Crippen LogP contribution in [0.3, 0.4) is 0 Å². The highest BCUT2D eigenvalue weighted by Gasteiger charge is 2.05. The lowest BCUT2D eigenvalue weighted by Gasteiger charge is -2.05. The molecule has 0 aliphatic carbocycles. The number of benzene rings is 1. The summed E-state index contributed by atoms with van der Waals surface area (Å²) in [4.78, 5) is 15.7. The van der Waals surface area contributed by atoms with E-state index >= 15 is 0 Å². The number of oxime groups is 1. The van der Waals surface area contributed by atoms with Crippen molar-refractivity contribution >= 4 is 11.7 Å². The maximum Gasteiger partial charge on any atom is 0.224 e. The van der Waals surface area contributed by atoms with Gasteiger partial charge >= 0.3 is 0 Å². The van der Waals surface area contributed by atoms with Gasteiger partial charge in [0.1, 0.15) is 12.2 Å². The number of hydrogen-bond acceptors (Lipinski definition) is 5. The van der Waals surface area contributed by atoms with E-state index in [1.807, 2.05) is 0 Å². The van der Waals surface area contributed by atoms with Gasteiger partial charge in [-0.2, -0.15) is 5.10 Å². The van der Waals surface area contributed by atoms with Gasteiger partial charge in [0.2, 0.25) is 5.91 Å². The van der Waals surface area contributed by atoms with Crippen LogP contribution in [0.5, 0.6) is 0 Å². The zero-order chi connectivity index (χ0) is 15.1. The average molecular weight is 288 g/mol. The first-order valence-corrected chi connectivity index (χ1v) is 6.37. The minimum atomic E-state index is -0.0777. The van der Waals surface area contributed by atoms with E-state index in [4.69, 9.17) is 10.9 Å². The summed E-state index contributed by atoms with van der Waals surface area (Å²) in [5, 5.41) is 20.7. The number of nitrogens with one attached hydrogen (secondary N) is 2. The van der Waals surface area contributed by atoms with Crippen LogP contribution < -0.4 is 11.1 Å². The van der Waals surface area contributed by atoms with Crippen molar-refractivity contribution in [2.24, 2.45) is 10.9 Å². The Morgan fingerprint density at radius 3 is 2.76 bits per heavy atom. The maximum atomic E-state index is 11.8.